The lowest BCUT2D eigenvalue weighted by atomic mass is 10.0. The van der Waals surface area contributed by atoms with E-state index in [1.807, 2.05) is 32.9 Å². The van der Waals surface area contributed by atoms with E-state index in [2.05, 4.69) is 32.3 Å². The maximum atomic E-state index is 11.7. The summed E-state index contributed by atoms with van der Waals surface area (Å²) in [7, 11) is 0. The average Bonchev–Trinajstić information content (AvgIpc) is 2.71. The number of carboxylic acid groups (broad SMARTS) is 1. The maximum absolute atomic E-state index is 11.7. The predicted molar refractivity (Wildman–Crippen MR) is 117 cm³/mol. The van der Waals surface area contributed by atoms with Crippen LogP contribution in [0.4, 0.5) is 10.7 Å². The number of aromatic nitrogens is 2. The van der Waals surface area contributed by atoms with Gasteiger partial charge in [0.15, 0.2) is 0 Å². The fourth-order valence-electron chi connectivity index (χ4n) is 3.52. The van der Waals surface area contributed by atoms with Crippen LogP contribution >= 0.6 is 0 Å². The molecule has 0 saturated carbocycles. The van der Waals surface area contributed by atoms with Crippen molar-refractivity contribution in [1.29, 1.82) is 0 Å². The molecule has 0 unspecified atom stereocenters. The Bertz CT molecular complexity index is 939. The van der Waals surface area contributed by atoms with Gasteiger partial charge in [0.2, 0.25) is 5.95 Å². The number of fused-ring (bicyclic) bond motifs is 1. The highest BCUT2D eigenvalue weighted by Gasteiger charge is 2.21. The van der Waals surface area contributed by atoms with Crippen LogP contribution in [0.2, 0.25) is 0 Å². The molecule has 3 rings (SSSR count). The summed E-state index contributed by atoms with van der Waals surface area (Å²) in [6.45, 7) is 7.40. The number of alkyl carbamates (subject to hydrolysis) is 1. The number of ether oxygens (including phenoxy) is 1. The van der Waals surface area contributed by atoms with Crippen molar-refractivity contribution in [2.24, 2.45) is 0 Å². The molecular weight excluding hydrogens is 396 g/mol. The second kappa shape index (κ2) is 9.76. The molecule has 166 valence electrons. The van der Waals surface area contributed by atoms with Crippen LogP contribution in [0.1, 0.15) is 60.8 Å². The topological polar surface area (TPSA) is 105 Å². The number of rotatable bonds is 7. The number of carbonyl (C=O) groups excluding carboxylic acids is 1. The number of hydrogen-bond donors (Lipinski definition) is 2. The summed E-state index contributed by atoms with van der Waals surface area (Å²) < 4.78 is 5.21. The number of aryl methyl sites for hydroxylation is 1. The van der Waals surface area contributed by atoms with Crippen LogP contribution in [-0.4, -0.2) is 45.8 Å². The molecule has 0 saturated heterocycles. The third kappa shape index (κ3) is 6.41. The van der Waals surface area contributed by atoms with Gasteiger partial charge in [0.25, 0.3) is 0 Å². The van der Waals surface area contributed by atoms with Crippen LogP contribution in [0.3, 0.4) is 0 Å². The Labute approximate surface area is 182 Å². The molecule has 1 aliphatic heterocycles. The van der Waals surface area contributed by atoms with E-state index in [4.69, 9.17) is 4.74 Å². The molecule has 0 radical (unpaired) electrons. The minimum atomic E-state index is -1.03. The molecule has 2 heterocycles. The fourth-order valence-corrected chi connectivity index (χ4v) is 3.52. The standard InChI is InChI=1S/C23H30N4O4/c1-23(2,3)31-22(30)24-12-7-6-10-19-18(20(28)29)14-25-21(26-19)27-13-11-16-8-4-5-9-17(16)15-27/h4-5,8-9,14H,6-7,10-13,15H2,1-3H3,(H,24,30)(H,28,29). The summed E-state index contributed by atoms with van der Waals surface area (Å²) in [6.07, 6.45) is 3.74. The first-order valence-corrected chi connectivity index (χ1v) is 10.6. The van der Waals surface area contributed by atoms with Gasteiger partial charge in [0.1, 0.15) is 5.60 Å². The molecule has 0 fully saturated rings. The van der Waals surface area contributed by atoms with Crippen molar-refractivity contribution in [3.8, 4) is 0 Å². The molecule has 31 heavy (non-hydrogen) atoms. The van der Waals surface area contributed by atoms with Gasteiger partial charge in [-0.1, -0.05) is 24.3 Å². The van der Waals surface area contributed by atoms with Crippen molar-refractivity contribution in [3.05, 3.63) is 52.8 Å². The lowest BCUT2D eigenvalue weighted by Gasteiger charge is -2.29. The van der Waals surface area contributed by atoms with Gasteiger partial charge >= 0.3 is 12.1 Å². The van der Waals surface area contributed by atoms with Crippen molar-refractivity contribution < 1.29 is 19.4 Å². The highest BCUT2D eigenvalue weighted by Crippen LogP contribution is 2.23. The second-order valence-corrected chi connectivity index (χ2v) is 8.66. The van der Waals surface area contributed by atoms with E-state index in [0.717, 1.165) is 13.0 Å². The van der Waals surface area contributed by atoms with Crippen molar-refractivity contribution >= 4 is 18.0 Å². The first-order valence-electron chi connectivity index (χ1n) is 10.6. The highest BCUT2D eigenvalue weighted by molar-refractivity contribution is 5.88. The molecule has 0 bridgehead atoms. The zero-order chi connectivity index (χ0) is 22.4. The lowest BCUT2D eigenvalue weighted by molar-refractivity contribution is 0.0526. The van der Waals surface area contributed by atoms with E-state index in [-0.39, 0.29) is 5.56 Å². The number of nitrogens with zero attached hydrogens (tertiary/aromatic N) is 3. The maximum Gasteiger partial charge on any atom is 0.407 e. The SMILES string of the molecule is CC(C)(C)OC(=O)NCCCCc1nc(N2CCc3ccccc3C2)ncc1C(=O)O. The second-order valence-electron chi connectivity index (χ2n) is 8.66. The average molecular weight is 427 g/mol. The Morgan fingerprint density at radius 1 is 1.19 bits per heavy atom. The summed E-state index contributed by atoms with van der Waals surface area (Å²) in [5, 5.41) is 12.2. The van der Waals surface area contributed by atoms with Gasteiger partial charge in [-0.2, -0.15) is 0 Å². The van der Waals surface area contributed by atoms with Gasteiger partial charge in [0, 0.05) is 25.8 Å². The molecular formula is C23H30N4O4. The van der Waals surface area contributed by atoms with Crippen molar-refractivity contribution in [2.75, 3.05) is 18.0 Å². The van der Waals surface area contributed by atoms with Crippen LogP contribution < -0.4 is 10.2 Å². The number of amides is 1. The first-order chi connectivity index (χ1) is 14.7. The number of unbranched alkanes of at least 4 members (excludes halogenated alkanes) is 1. The van der Waals surface area contributed by atoms with Crippen molar-refractivity contribution in [3.63, 3.8) is 0 Å². The Morgan fingerprint density at radius 3 is 2.65 bits per heavy atom. The van der Waals surface area contributed by atoms with Crippen LogP contribution in [0.5, 0.6) is 0 Å². The number of hydrogen-bond acceptors (Lipinski definition) is 6. The summed E-state index contributed by atoms with van der Waals surface area (Å²) >= 11 is 0. The Kier molecular flexibility index (Phi) is 7.09. The molecule has 0 aliphatic carbocycles. The van der Waals surface area contributed by atoms with E-state index >= 15 is 0 Å². The third-order valence-electron chi connectivity index (χ3n) is 5.01. The smallest absolute Gasteiger partial charge is 0.407 e. The molecule has 0 spiro atoms. The summed E-state index contributed by atoms with van der Waals surface area (Å²) in [4.78, 5) is 34.3. The number of benzene rings is 1. The van der Waals surface area contributed by atoms with Crippen LogP contribution in [-0.2, 0) is 24.1 Å². The fraction of sp³-hybridized carbons (Fsp3) is 0.478. The minimum absolute atomic E-state index is 0.126. The number of carboxylic acids is 1. The van der Waals surface area contributed by atoms with Crippen LogP contribution in [0.15, 0.2) is 30.5 Å². The van der Waals surface area contributed by atoms with E-state index in [9.17, 15) is 14.7 Å². The molecule has 8 nitrogen and oxygen atoms in total. The molecule has 1 amide bonds. The van der Waals surface area contributed by atoms with E-state index in [1.54, 1.807) is 0 Å². The zero-order valence-electron chi connectivity index (χ0n) is 18.4. The molecule has 2 N–H and O–H groups in total. The van der Waals surface area contributed by atoms with Gasteiger partial charge in [-0.25, -0.2) is 19.6 Å². The molecule has 8 heteroatoms. The highest BCUT2D eigenvalue weighted by atomic mass is 16.6. The number of nitrogens with one attached hydrogen (secondary N) is 1. The summed E-state index contributed by atoms with van der Waals surface area (Å²) in [5.74, 6) is -0.473. The molecule has 0 atom stereocenters. The Balaban J connectivity index is 1.59. The van der Waals surface area contributed by atoms with Gasteiger partial charge in [-0.3, -0.25) is 0 Å². The summed E-state index contributed by atoms with van der Waals surface area (Å²) in [6, 6.07) is 8.30. The first kappa shape index (κ1) is 22.5. The van der Waals surface area contributed by atoms with Crippen LogP contribution in [0.25, 0.3) is 0 Å². The van der Waals surface area contributed by atoms with Gasteiger partial charge < -0.3 is 20.1 Å². The normalized spacial score (nSPS) is 13.5. The van der Waals surface area contributed by atoms with Crippen molar-refractivity contribution in [1.82, 2.24) is 15.3 Å². The number of carbonyl (C=O) groups is 2. The summed E-state index contributed by atoms with van der Waals surface area (Å²) in [5.41, 5.74) is 2.69. The van der Waals surface area contributed by atoms with Gasteiger partial charge in [0.05, 0.1) is 11.3 Å². The van der Waals surface area contributed by atoms with Gasteiger partial charge in [-0.15, -0.1) is 0 Å². The largest absolute Gasteiger partial charge is 0.478 e. The van der Waals surface area contributed by atoms with Crippen LogP contribution in [0, 0.1) is 0 Å². The number of anilines is 1. The lowest BCUT2D eigenvalue weighted by Crippen LogP contribution is -2.33. The number of aromatic carboxylic acids is 1. The molecule has 1 aliphatic rings. The molecule has 1 aromatic heterocycles. The third-order valence-corrected chi connectivity index (χ3v) is 5.01. The minimum Gasteiger partial charge on any atom is -0.478 e. The van der Waals surface area contributed by atoms with E-state index < -0.39 is 17.7 Å². The van der Waals surface area contributed by atoms with Gasteiger partial charge in [-0.05, 0) is 57.6 Å². The zero-order valence-corrected chi connectivity index (χ0v) is 18.4. The predicted octanol–water partition coefficient (Wildman–Crippen LogP) is 3.58. The molecule has 1 aromatic carbocycles. The molecule has 2 aromatic rings. The quantitative estimate of drug-likeness (QED) is 0.652. The Hall–Kier alpha value is -3.16. The van der Waals surface area contributed by atoms with Crippen molar-refractivity contribution in [2.45, 2.75) is 58.6 Å². The van der Waals surface area contributed by atoms with E-state index in [0.29, 0.717) is 44.0 Å². The monoisotopic (exact) mass is 426 g/mol. The Morgan fingerprint density at radius 2 is 1.94 bits per heavy atom. The van der Waals surface area contributed by atoms with E-state index in [1.165, 1.54) is 17.3 Å².